The van der Waals surface area contributed by atoms with E-state index in [0.717, 1.165) is 0 Å². The van der Waals surface area contributed by atoms with E-state index in [4.69, 9.17) is 9.47 Å². The Morgan fingerprint density at radius 3 is 2.38 bits per heavy atom. The van der Waals surface area contributed by atoms with Gasteiger partial charge in [-0.05, 0) is 32.0 Å². The van der Waals surface area contributed by atoms with E-state index in [1.165, 1.54) is 12.1 Å². The van der Waals surface area contributed by atoms with Gasteiger partial charge in [0.25, 0.3) is 0 Å². The fraction of sp³-hybridized carbons (Fsp3) is 0.222. The summed E-state index contributed by atoms with van der Waals surface area (Å²) in [7, 11) is 0. The van der Waals surface area contributed by atoms with Gasteiger partial charge in [0.1, 0.15) is 11.6 Å². The summed E-state index contributed by atoms with van der Waals surface area (Å²) in [6, 6.07) is 9.79. The van der Waals surface area contributed by atoms with E-state index in [-0.39, 0.29) is 5.82 Å². The molecule has 124 valence electrons. The van der Waals surface area contributed by atoms with Crippen molar-refractivity contribution in [1.29, 1.82) is 0 Å². The van der Waals surface area contributed by atoms with Gasteiger partial charge in [-0.25, -0.2) is 9.37 Å². The molecule has 0 amide bonds. The molecule has 0 unspecified atom stereocenters. The highest BCUT2D eigenvalue weighted by Crippen LogP contribution is 2.32. The number of fused-ring (bicyclic) bond motifs is 1. The highest BCUT2D eigenvalue weighted by atomic mass is 19.1. The van der Waals surface area contributed by atoms with Gasteiger partial charge >= 0.3 is 0 Å². The molecule has 0 spiro atoms. The predicted molar refractivity (Wildman–Crippen MR) is 91.6 cm³/mol. The Morgan fingerprint density at radius 2 is 1.71 bits per heavy atom. The van der Waals surface area contributed by atoms with E-state index in [0.29, 0.717) is 47.3 Å². The van der Waals surface area contributed by atoms with Crippen molar-refractivity contribution in [1.82, 2.24) is 9.97 Å². The lowest BCUT2D eigenvalue weighted by Crippen LogP contribution is -2.00. The minimum absolute atomic E-state index is 0.311. The van der Waals surface area contributed by atoms with Crippen LogP contribution in [0.2, 0.25) is 0 Å². The fourth-order valence-electron chi connectivity index (χ4n) is 2.33. The molecule has 3 aromatic rings. The summed E-state index contributed by atoms with van der Waals surface area (Å²) in [4.78, 5) is 8.90. The molecule has 5 nitrogen and oxygen atoms in total. The van der Waals surface area contributed by atoms with Crippen molar-refractivity contribution in [2.75, 3.05) is 18.5 Å². The van der Waals surface area contributed by atoms with E-state index in [9.17, 15) is 4.39 Å². The Morgan fingerprint density at radius 1 is 1.00 bits per heavy atom. The Hall–Kier alpha value is -2.89. The molecule has 0 bridgehead atoms. The van der Waals surface area contributed by atoms with Gasteiger partial charge in [-0.2, -0.15) is 0 Å². The average molecular weight is 327 g/mol. The van der Waals surface area contributed by atoms with Crippen molar-refractivity contribution in [2.45, 2.75) is 13.8 Å². The Balaban J connectivity index is 1.96. The van der Waals surface area contributed by atoms with Crippen LogP contribution in [-0.4, -0.2) is 23.2 Å². The molecule has 0 aliphatic rings. The summed E-state index contributed by atoms with van der Waals surface area (Å²) in [5.41, 5.74) is 1.98. The lowest BCUT2D eigenvalue weighted by Gasteiger charge is -2.12. The van der Waals surface area contributed by atoms with Crippen LogP contribution in [0.3, 0.4) is 0 Å². The van der Waals surface area contributed by atoms with Gasteiger partial charge < -0.3 is 14.8 Å². The number of aromatic nitrogens is 2. The monoisotopic (exact) mass is 327 g/mol. The second-order valence-corrected chi connectivity index (χ2v) is 5.04. The molecule has 6 heteroatoms. The van der Waals surface area contributed by atoms with Gasteiger partial charge in [0.2, 0.25) is 0 Å². The zero-order valence-corrected chi connectivity index (χ0v) is 13.5. The van der Waals surface area contributed by atoms with Gasteiger partial charge in [0.15, 0.2) is 11.5 Å². The number of hydrogen-bond donors (Lipinski definition) is 1. The molecule has 1 aromatic heterocycles. The minimum atomic E-state index is -0.311. The third-order valence-electron chi connectivity index (χ3n) is 3.30. The summed E-state index contributed by atoms with van der Waals surface area (Å²) in [6.45, 7) is 4.89. The van der Waals surface area contributed by atoms with Crippen molar-refractivity contribution < 1.29 is 13.9 Å². The van der Waals surface area contributed by atoms with Crippen LogP contribution in [0, 0.1) is 5.82 Å². The average Bonchev–Trinajstić information content (AvgIpc) is 2.56. The first kappa shape index (κ1) is 16.0. The number of halogens is 1. The van der Waals surface area contributed by atoms with Gasteiger partial charge in [-0.15, -0.1) is 0 Å². The number of anilines is 2. The maximum Gasteiger partial charge on any atom is 0.163 e. The number of hydrogen-bond acceptors (Lipinski definition) is 5. The molecule has 0 saturated heterocycles. The molecule has 1 heterocycles. The van der Waals surface area contributed by atoms with Crippen LogP contribution in [0.5, 0.6) is 11.5 Å². The Bertz CT molecular complexity index is 855. The van der Waals surface area contributed by atoms with Crippen LogP contribution in [0.25, 0.3) is 11.0 Å². The van der Waals surface area contributed by atoms with Crippen LogP contribution in [0.1, 0.15) is 13.8 Å². The first-order valence-electron chi connectivity index (χ1n) is 7.78. The maximum absolute atomic E-state index is 13.3. The standard InChI is InChI=1S/C18H18FN3O2/c1-3-23-16-9-14-15(10-17(16)24-4-2)22-18(11-20-14)21-13-7-5-6-12(19)8-13/h5-11H,3-4H2,1-2H3,(H,21,22). The highest BCUT2D eigenvalue weighted by Gasteiger charge is 2.10. The molecule has 0 fully saturated rings. The highest BCUT2D eigenvalue weighted by molar-refractivity contribution is 5.80. The number of nitrogens with one attached hydrogen (secondary N) is 1. The summed E-state index contributed by atoms with van der Waals surface area (Å²) in [5, 5.41) is 3.04. The smallest absolute Gasteiger partial charge is 0.163 e. The van der Waals surface area contributed by atoms with Crippen LogP contribution in [0.4, 0.5) is 15.9 Å². The number of benzene rings is 2. The summed E-state index contributed by atoms with van der Waals surface area (Å²) in [5.74, 6) is 1.49. The van der Waals surface area contributed by atoms with Crippen molar-refractivity contribution in [3.8, 4) is 11.5 Å². The van der Waals surface area contributed by atoms with Crippen LogP contribution < -0.4 is 14.8 Å². The molecule has 0 aliphatic carbocycles. The number of ether oxygens (including phenoxy) is 2. The molecular formula is C18H18FN3O2. The first-order chi connectivity index (χ1) is 11.7. The summed E-state index contributed by atoms with van der Waals surface area (Å²) >= 11 is 0. The molecule has 1 N–H and O–H groups in total. The quantitative estimate of drug-likeness (QED) is 0.731. The van der Waals surface area contributed by atoms with E-state index in [1.54, 1.807) is 24.4 Å². The van der Waals surface area contributed by atoms with E-state index >= 15 is 0 Å². The molecule has 0 saturated carbocycles. The molecule has 3 rings (SSSR count). The number of rotatable bonds is 6. The maximum atomic E-state index is 13.3. The number of nitrogens with zero attached hydrogens (tertiary/aromatic N) is 2. The molecule has 0 radical (unpaired) electrons. The van der Waals surface area contributed by atoms with E-state index < -0.39 is 0 Å². The zero-order chi connectivity index (χ0) is 16.9. The molecule has 0 atom stereocenters. The third kappa shape index (κ3) is 3.53. The normalized spacial score (nSPS) is 10.6. The van der Waals surface area contributed by atoms with Crippen molar-refractivity contribution in [3.05, 3.63) is 48.4 Å². The predicted octanol–water partition coefficient (Wildman–Crippen LogP) is 4.31. The SMILES string of the molecule is CCOc1cc2ncc(Nc3cccc(F)c3)nc2cc1OCC. The second kappa shape index (κ2) is 7.12. The van der Waals surface area contributed by atoms with Crippen LogP contribution in [0.15, 0.2) is 42.6 Å². The van der Waals surface area contributed by atoms with Gasteiger partial charge in [-0.3, -0.25) is 4.98 Å². The van der Waals surface area contributed by atoms with Gasteiger partial charge in [0, 0.05) is 17.8 Å². The topological polar surface area (TPSA) is 56.3 Å². The molecule has 24 heavy (non-hydrogen) atoms. The first-order valence-corrected chi connectivity index (χ1v) is 7.78. The van der Waals surface area contributed by atoms with Gasteiger partial charge in [0.05, 0.1) is 30.4 Å². The van der Waals surface area contributed by atoms with Crippen molar-refractivity contribution in [2.24, 2.45) is 0 Å². The van der Waals surface area contributed by atoms with Crippen molar-refractivity contribution in [3.63, 3.8) is 0 Å². The largest absolute Gasteiger partial charge is 0.490 e. The van der Waals surface area contributed by atoms with E-state index in [2.05, 4.69) is 15.3 Å². The fourth-order valence-corrected chi connectivity index (χ4v) is 2.33. The van der Waals surface area contributed by atoms with Crippen molar-refractivity contribution >= 4 is 22.5 Å². The molecule has 2 aromatic carbocycles. The summed E-state index contributed by atoms with van der Waals surface area (Å²) in [6.07, 6.45) is 1.60. The third-order valence-corrected chi connectivity index (χ3v) is 3.30. The summed E-state index contributed by atoms with van der Waals surface area (Å²) < 4.78 is 24.5. The second-order valence-electron chi connectivity index (χ2n) is 5.04. The van der Waals surface area contributed by atoms with Crippen LogP contribution in [-0.2, 0) is 0 Å². The molecular weight excluding hydrogens is 309 g/mol. The van der Waals surface area contributed by atoms with E-state index in [1.807, 2.05) is 19.9 Å². The minimum Gasteiger partial charge on any atom is -0.490 e. The van der Waals surface area contributed by atoms with Gasteiger partial charge in [-0.1, -0.05) is 6.07 Å². The Kier molecular flexibility index (Phi) is 4.74. The van der Waals surface area contributed by atoms with Crippen LogP contribution >= 0.6 is 0 Å². The lowest BCUT2D eigenvalue weighted by molar-refractivity contribution is 0.288. The molecule has 0 aliphatic heterocycles. The lowest BCUT2D eigenvalue weighted by atomic mass is 10.2. The Labute approximate surface area is 139 Å². The zero-order valence-electron chi connectivity index (χ0n) is 13.5.